The second-order valence-corrected chi connectivity index (χ2v) is 6.90. The molecule has 0 fully saturated rings. The highest BCUT2D eigenvalue weighted by Gasteiger charge is 2.41. The molecule has 0 spiro atoms. The van der Waals surface area contributed by atoms with E-state index in [-0.39, 0.29) is 28.5 Å². The molecule has 122 valence electrons. The lowest BCUT2D eigenvalue weighted by Crippen LogP contribution is -2.29. The number of halogens is 2. The number of anilines is 1. The third kappa shape index (κ3) is 2.29. The molecule has 6 heteroatoms. The lowest BCUT2D eigenvalue weighted by Gasteiger charge is -2.37. The molecular weight excluding hydrogens is 347 g/mol. The van der Waals surface area contributed by atoms with Crippen LogP contribution in [0.4, 0.5) is 11.4 Å². The van der Waals surface area contributed by atoms with Gasteiger partial charge >= 0.3 is 0 Å². The molecule has 1 aliphatic heterocycles. The molecule has 1 N–H and O–H groups in total. The van der Waals surface area contributed by atoms with Crippen LogP contribution in [0.25, 0.3) is 0 Å². The minimum atomic E-state index is -0.330. The molecule has 0 bridgehead atoms. The molecule has 24 heavy (non-hydrogen) atoms. The van der Waals surface area contributed by atoms with Crippen LogP contribution in [-0.2, 0) is 0 Å². The largest absolute Gasteiger partial charge is 0.376 e. The van der Waals surface area contributed by atoms with Crippen LogP contribution in [0.1, 0.15) is 29.5 Å². The quantitative estimate of drug-likeness (QED) is 0.422. The Labute approximate surface area is 149 Å². The minimum absolute atomic E-state index is 0.127. The fraction of sp³-hybridized carbons (Fsp3) is 0.222. The molecule has 0 saturated carbocycles. The number of nitrogens with zero attached hydrogens (tertiary/aromatic N) is 1. The van der Waals surface area contributed by atoms with Crippen LogP contribution in [0.5, 0.6) is 0 Å². The number of fused-ring (bicyclic) bond motifs is 3. The van der Waals surface area contributed by atoms with Crippen molar-refractivity contribution in [3.05, 3.63) is 79.8 Å². The van der Waals surface area contributed by atoms with Crippen molar-refractivity contribution in [2.75, 3.05) is 5.32 Å². The van der Waals surface area contributed by atoms with Gasteiger partial charge in [-0.25, -0.2) is 0 Å². The Hall–Kier alpha value is -2.04. The molecule has 4 nitrogen and oxygen atoms in total. The highest BCUT2D eigenvalue weighted by Crippen LogP contribution is 2.53. The maximum atomic E-state index is 11.4. The summed E-state index contributed by atoms with van der Waals surface area (Å²) in [5, 5.41) is 15.8. The Bertz CT molecular complexity index is 866. The maximum Gasteiger partial charge on any atom is 0.274 e. The van der Waals surface area contributed by atoms with Gasteiger partial charge in [-0.3, -0.25) is 10.1 Å². The molecule has 2 aromatic carbocycles. The molecule has 0 saturated heterocycles. The summed E-state index contributed by atoms with van der Waals surface area (Å²) < 4.78 is 0. The first-order valence-corrected chi connectivity index (χ1v) is 8.48. The summed E-state index contributed by atoms with van der Waals surface area (Å²) >= 11 is 12.6. The van der Waals surface area contributed by atoms with Crippen LogP contribution >= 0.6 is 23.2 Å². The Balaban J connectivity index is 1.87. The molecule has 2 aliphatic rings. The third-order valence-electron chi connectivity index (χ3n) is 4.90. The summed E-state index contributed by atoms with van der Waals surface area (Å²) in [5.74, 6) is 0.400. The SMILES string of the molecule is O=[N+]([O-])c1ccccc1[C@@H]1Nc2c(ccc(Cl)c2Cl)[C@H]2C=CC[C@H]21. The summed E-state index contributed by atoms with van der Waals surface area (Å²) in [5.41, 5.74) is 2.68. The third-order valence-corrected chi connectivity index (χ3v) is 5.70. The Kier molecular flexibility index (Phi) is 3.74. The van der Waals surface area contributed by atoms with Gasteiger partial charge < -0.3 is 5.32 Å². The number of nitro benzene ring substituents is 1. The van der Waals surface area contributed by atoms with E-state index in [4.69, 9.17) is 23.2 Å². The van der Waals surface area contributed by atoms with Crippen molar-refractivity contribution in [3.8, 4) is 0 Å². The van der Waals surface area contributed by atoms with Crippen LogP contribution in [0.15, 0.2) is 48.6 Å². The van der Waals surface area contributed by atoms with Crippen LogP contribution in [0.2, 0.25) is 10.0 Å². The van der Waals surface area contributed by atoms with Crippen LogP contribution < -0.4 is 5.32 Å². The second kappa shape index (κ2) is 5.80. The molecule has 0 radical (unpaired) electrons. The van der Waals surface area contributed by atoms with E-state index in [2.05, 4.69) is 17.5 Å². The molecule has 0 aromatic heterocycles. The van der Waals surface area contributed by atoms with E-state index in [1.165, 1.54) is 0 Å². The molecular formula is C18H14Cl2N2O2. The van der Waals surface area contributed by atoms with E-state index in [9.17, 15) is 10.1 Å². The summed E-state index contributed by atoms with van der Waals surface area (Å²) in [7, 11) is 0. The zero-order valence-electron chi connectivity index (χ0n) is 12.6. The van der Waals surface area contributed by atoms with Crippen LogP contribution in [-0.4, -0.2) is 4.92 Å². The minimum Gasteiger partial charge on any atom is -0.376 e. The van der Waals surface area contributed by atoms with Crippen LogP contribution in [0.3, 0.4) is 0 Å². The molecule has 0 amide bonds. The standard InChI is InChI=1S/C18H14Cl2N2O2/c19-14-9-8-12-10-5-3-6-11(10)17(21-18(12)16(14)20)13-4-1-2-7-15(13)22(23)24/h1-5,7-11,17,21H,6H2/t10-,11+,17+/m0/s1. The highest BCUT2D eigenvalue weighted by molar-refractivity contribution is 6.43. The predicted molar refractivity (Wildman–Crippen MR) is 95.9 cm³/mol. The fourth-order valence-electron chi connectivity index (χ4n) is 3.83. The lowest BCUT2D eigenvalue weighted by molar-refractivity contribution is -0.385. The van der Waals surface area contributed by atoms with E-state index >= 15 is 0 Å². The number of hydrogen-bond donors (Lipinski definition) is 1. The Morgan fingerprint density at radius 3 is 2.71 bits per heavy atom. The van der Waals surface area contributed by atoms with Gasteiger partial charge in [0.1, 0.15) is 0 Å². The number of nitro groups is 1. The van der Waals surface area contributed by atoms with Gasteiger partial charge in [-0.1, -0.05) is 59.6 Å². The first-order chi connectivity index (χ1) is 11.6. The van der Waals surface area contributed by atoms with E-state index in [0.717, 1.165) is 17.7 Å². The Morgan fingerprint density at radius 2 is 1.92 bits per heavy atom. The van der Waals surface area contributed by atoms with E-state index in [1.807, 2.05) is 18.2 Å². The van der Waals surface area contributed by atoms with Gasteiger partial charge in [0, 0.05) is 12.0 Å². The lowest BCUT2D eigenvalue weighted by atomic mass is 9.76. The van der Waals surface area contributed by atoms with Gasteiger partial charge in [0.05, 0.1) is 32.3 Å². The molecule has 1 aliphatic carbocycles. The normalized spacial score (nSPS) is 24.2. The predicted octanol–water partition coefficient (Wildman–Crippen LogP) is 5.73. The van der Waals surface area contributed by atoms with Gasteiger partial charge in [-0.15, -0.1) is 0 Å². The van der Waals surface area contributed by atoms with Crippen LogP contribution in [0, 0.1) is 16.0 Å². The van der Waals surface area contributed by atoms with Gasteiger partial charge in [-0.05, 0) is 24.0 Å². The number of rotatable bonds is 2. The van der Waals surface area contributed by atoms with Gasteiger partial charge in [0.2, 0.25) is 0 Å². The Morgan fingerprint density at radius 1 is 1.12 bits per heavy atom. The van der Waals surface area contributed by atoms with Crippen molar-refractivity contribution in [3.63, 3.8) is 0 Å². The van der Waals surface area contributed by atoms with Crippen molar-refractivity contribution < 1.29 is 4.92 Å². The smallest absolute Gasteiger partial charge is 0.274 e. The first-order valence-electron chi connectivity index (χ1n) is 7.72. The van der Waals surface area contributed by atoms with Gasteiger partial charge in [-0.2, -0.15) is 0 Å². The summed E-state index contributed by atoms with van der Waals surface area (Å²) in [6, 6.07) is 10.5. The van der Waals surface area contributed by atoms with Crippen molar-refractivity contribution in [2.45, 2.75) is 18.4 Å². The molecule has 3 atom stereocenters. The number of allylic oxidation sites excluding steroid dienone is 2. The fourth-order valence-corrected chi connectivity index (χ4v) is 4.21. The molecule has 4 rings (SSSR count). The maximum absolute atomic E-state index is 11.4. The summed E-state index contributed by atoms with van der Waals surface area (Å²) in [6.07, 6.45) is 5.17. The molecule has 1 heterocycles. The number of nitrogens with one attached hydrogen (secondary N) is 1. The van der Waals surface area contributed by atoms with Crippen molar-refractivity contribution in [2.24, 2.45) is 5.92 Å². The summed E-state index contributed by atoms with van der Waals surface area (Å²) in [4.78, 5) is 11.1. The second-order valence-electron chi connectivity index (χ2n) is 6.12. The monoisotopic (exact) mass is 360 g/mol. The number of para-hydroxylation sites is 1. The van der Waals surface area contributed by atoms with Crippen molar-refractivity contribution >= 4 is 34.6 Å². The van der Waals surface area contributed by atoms with E-state index < -0.39 is 0 Å². The average Bonchev–Trinajstić information content (AvgIpc) is 3.07. The van der Waals surface area contributed by atoms with E-state index in [0.29, 0.717) is 15.6 Å². The van der Waals surface area contributed by atoms with Gasteiger partial charge in [0.15, 0.2) is 0 Å². The summed E-state index contributed by atoms with van der Waals surface area (Å²) in [6.45, 7) is 0. The zero-order chi connectivity index (χ0) is 16.8. The number of benzene rings is 2. The topological polar surface area (TPSA) is 55.2 Å². The van der Waals surface area contributed by atoms with Crippen molar-refractivity contribution in [1.82, 2.24) is 0 Å². The van der Waals surface area contributed by atoms with Gasteiger partial charge in [0.25, 0.3) is 5.69 Å². The first kappa shape index (κ1) is 15.5. The average molecular weight is 361 g/mol. The van der Waals surface area contributed by atoms with Crippen molar-refractivity contribution in [1.29, 1.82) is 0 Å². The zero-order valence-corrected chi connectivity index (χ0v) is 14.1. The highest BCUT2D eigenvalue weighted by atomic mass is 35.5. The van der Waals surface area contributed by atoms with E-state index in [1.54, 1.807) is 18.2 Å². The number of hydrogen-bond acceptors (Lipinski definition) is 3. The molecule has 0 unspecified atom stereocenters. The molecule has 2 aromatic rings.